The Bertz CT molecular complexity index is 375. The number of aliphatic hydroxyl groups excluding tert-OH is 1. The fourth-order valence-electron chi connectivity index (χ4n) is 1.41. The normalized spacial score (nSPS) is 9.93. The van der Waals surface area contributed by atoms with Gasteiger partial charge in [0, 0.05) is 0 Å². The van der Waals surface area contributed by atoms with Crippen LogP contribution in [-0.2, 0) is 6.61 Å². The van der Waals surface area contributed by atoms with E-state index in [1.807, 2.05) is 32.0 Å². The summed E-state index contributed by atoms with van der Waals surface area (Å²) in [4.78, 5) is 0. The molecular weight excluding hydrogens is 172 g/mol. The molecule has 1 nitrogen and oxygen atoms in total. The van der Waals surface area contributed by atoms with Crippen LogP contribution >= 0.6 is 0 Å². The Morgan fingerprint density at radius 1 is 1.21 bits per heavy atom. The van der Waals surface area contributed by atoms with Crippen LogP contribution in [0.1, 0.15) is 30.5 Å². The topological polar surface area (TPSA) is 20.2 Å². The van der Waals surface area contributed by atoms with Crippen molar-refractivity contribution in [2.45, 2.75) is 20.5 Å². The standard InChI is InChI=1S/C13H16O/c1-9(2)11-5-6-13(10(3)4)12(7-11)8-14/h5-7,14H,1,3,8H2,2,4H3. The van der Waals surface area contributed by atoms with Crippen molar-refractivity contribution >= 4 is 11.1 Å². The van der Waals surface area contributed by atoms with Gasteiger partial charge >= 0.3 is 0 Å². The SMILES string of the molecule is C=C(C)c1ccc(C(=C)C)c(CO)c1. The fraction of sp³-hybridized carbons (Fsp3) is 0.231. The molecule has 0 aliphatic rings. The zero-order valence-electron chi connectivity index (χ0n) is 8.80. The first-order valence-corrected chi connectivity index (χ1v) is 4.61. The van der Waals surface area contributed by atoms with Crippen molar-refractivity contribution in [1.82, 2.24) is 0 Å². The summed E-state index contributed by atoms with van der Waals surface area (Å²) >= 11 is 0. The molecule has 1 N–H and O–H groups in total. The van der Waals surface area contributed by atoms with Gasteiger partial charge < -0.3 is 5.11 Å². The molecule has 0 saturated heterocycles. The van der Waals surface area contributed by atoms with Gasteiger partial charge in [-0.25, -0.2) is 0 Å². The zero-order chi connectivity index (χ0) is 10.7. The van der Waals surface area contributed by atoms with Gasteiger partial charge in [0.1, 0.15) is 0 Å². The summed E-state index contributed by atoms with van der Waals surface area (Å²) in [7, 11) is 0. The van der Waals surface area contributed by atoms with E-state index in [0.717, 1.165) is 27.8 Å². The van der Waals surface area contributed by atoms with Crippen molar-refractivity contribution in [1.29, 1.82) is 0 Å². The van der Waals surface area contributed by atoms with Gasteiger partial charge in [-0.15, -0.1) is 0 Å². The van der Waals surface area contributed by atoms with E-state index in [4.69, 9.17) is 0 Å². The Labute approximate surface area is 85.4 Å². The predicted molar refractivity (Wildman–Crippen MR) is 61.8 cm³/mol. The minimum atomic E-state index is 0.0450. The quantitative estimate of drug-likeness (QED) is 0.772. The summed E-state index contributed by atoms with van der Waals surface area (Å²) in [5.41, 5.74) is 4.99. The number of hydrogen-bond acceptors (Lipinski definition) is 1. The Balaban J connectivity index is 3.25. The lowest BCUT2D eigenvalue weighted by Crippen LogP contribution is -1.93. The molecule has 1 rings (SSSR count). The molecule has 0 saturated carbocycles. The first-order valence-electron chi connectivity index (χ1n) is 4.61. The second-order valence-corrected chi connectivity index (χ2v) is 3.59. The lowest BCUT2D eigenvalue weighted by molar-refractivity contribution is 0.281. The maximum Gasteiger partial charge on any atom is 0.0687 e. The van der Waals surface area contributed by atoms with Gasteiger partial charge in [0.15, 0.2) is 0 Å². The van der Waals surface area contributed by atoms with Crippen LogP contribution in [0.25, 0.3) is 11.1 Å². The van der Waals surface area contributed by atoms with E-state index in [1.54, 1.807) is 0 Å². The number of rotatable bonds is 3. The summed E-state index contributed by atoms with van der Waals surface area (Å²) < 4.78 is 0. The highest BCUT2D eigenvalue weighted by Gasteiger charge is 2.03. The molecule has 0 unspecified atom stereocenters. The molecule has 0 aromatic heterocycles. The van der Waals surface area contributed by atoms with E-state index in [9.17, 15) is 5.11 Å². The highest BCUT2D eigenvalue weighted by Crippen LogP contribution is 2.22. The second kappa shape index (κ2) is 4.25. The number of allylic oxidation sites excluding steroid dienone is 2. The van der Waals surface area contributed by atoms with Crippen LogP contribution in [0.3, 0.4) is 0 Å². The Hall–Kier alpha value is -1.34. The first kappa shape index (κ1) is 10.7. The lowest BCUT2D eigenvalue weighted by atomic mass is 9.97. The van der Waals surface area contributed by atoms with E-state index >= 15 is 0 Å². The van der Waals surface area contributed by atoms with Gasteiger partial charge in [0.2, 0.25) is 0 Å². The molecule has 0 aliphatic heterocycles. The molecule has 0 radical (unpaired) electrons. The summed E-state index contributed by atoms with van der Waals surface area (Å²) in [5.74, 6) is 0. The summed E-state index contributed by atoms with van der Waals surface area (Å²) in [6, 6.07) is 5.95. The molecule has 0 spiro atoms. The molecule has 0 fully saturated rings. The molecule has 0 atom stereocenters. The van der Waals surface area contributed by atoms with Crippen LogP contribution in [0.4, 0.5) is 0 Å². The molecule has 0 heterocycles. The zero-order valence-corrected chi connectivity index (χ0v) is 8.80. The first-order chi connectivity index (χ1) is 6.56. The second-order valence-electron chi connectivity index (χ2n) is 3.59. The molecule has 74 valence electrons. The minimum Gasteiger partial charge on any atom is -0.392 e. The van der Waals surface area contributed by atoms with Crippen molar-refractivity contribution in [2.75, 3.05) is 0 Å². The molecular formula is C13H16O. The van der Waals surface area contributed by atoms with Gasteiger partial charge in [-0.3, -0.25) is 0 Å². The van der Waals surface area contributed by atoms with Crippen LogP contribution in [-0.4, -0.2) is 5.11 Å². The number of hydrogen-bond donors (Lipinski definition) is 1. The molecule has 1 heteroatoms. The molecule has 1 aromatic carbocycles. The Morgan fingerprint density at radius 2 is 1.86 bits per heavy atom. The summed E-state index contributed by atoms with van der Waals surface area (Å²) in [6.07, 6.45) is 0. The van der Waals surface area contributed by atoms with Gasteiger partial charge in [-0.1, -0.05) is 36.4 Å². The Morgan fingerprint density at radius 3 is 2.29 bits per heavy atom. The van der Waals surface area contributed by atoms with Gasteiger partial charge in [0.25, 0.3) is 0 Å². The van der Waals surface area contributed by atoms with E-state index in [1.165, 1.54) is 0 Å². The van der Waals surface area contributed by atoms with E-state index in [2.05, 4.69) is 13.2 Å². The van der Waals surface area contributed by atoms with Crippen molar-refractivity contribution < 1.29 is 5.11 Å². The van der Waals surface area contributed by atoms with Crippen LogP contribution in [0.2, 0.25) is 0 Å². The van der Waals surface area contributed by atoms with Crippen LogP contribution in [0.15, 0.2) is 31.4 Å². The molecule has 0 bridgehead atoms. The van der Waals surface area contributed by atoms with Crippen molar-refractivity contribution in [3.63, 3.8) is 0 Å². The van der Waals surface area contributed by atoms with Gasteiger partial charge in [-0.2, -0.15) is 0 Å². The Kier molecular flexibility index (Phi) is 3.26. The van der Waals surface area contributed by atoms with Crippen molar-refractivity contribution in [3.05, 3.63) is 48.0 Å². The average molecular weight is 188 g/mol. The van der Waals surface area contributed by atoms with Crippen LogP contribution in [0.5, 0.6) is 0 Å². The fourth-order valence-corrected chi connectivity index (χ4v) is 1.41. The highest BCUT2D eigenvalue weighted by molar-refractivity contribution is 5.69. The predicted octanol–water partition coefficient (Wildman–Crippen LogP) is 3.25. The highest BCUT2D eigenvalue weighted by atomic mass is 16.3. The summed E-state index contributed by atoms with van der Waals surface area (Å²) in [6.45, 7) is 11.7. The minimum absolute atomic E-state index is 0.0450. The monoisotopic (exact) mass is 188 g/mol. The number of aliphatic hydroxyl groups is 1. The maximum atomic E-state index is 9.20. The average Bonchev–Trinajstić information content (AvgIpc) is 2.16. The third-order valence-corrected chi connectivity index (χ3v) is 2.23. The molecule has 0 amide bonds. The lowest BCUT2D eigenvalue weighted by Gasteiger charge is -2.09. The van der Waals surface area contributed by atoms with E-state index in [-0.39, 0.29) is 6.61 Å². The smallest absolute Gasteiger partial charge is 0.0687 e. The summed E-state index contributed by atoms with van der Waals surface area (Å²) in [5, 5.41) is 9.20. The third-order valence-electron chi connectivity index (χ3n) is 2.23. The van der Waals surface area contributed by atoms with Gasteiger partial charge in [-0.05, 0) is 36.6 Å². The van der Waals surface area contributed by atoms with Crippen LogP contribution < -0.4 is 0 Å². The maximum absolute atomic E-state index is 9.20. The van der Waals surface area contributed by atoms with E-state index in [0.29, 0.717) is 0 Å². The van der Waals surface area contributed by atoms with Crippen molar-refractivity contribution in [2.24, 2.45) is 0 Å². The molecule has 14 heavy (non-hydrogen) atoms. The third kappa shape index (κ3) is 2.12. The van der Waals surface area contributed by atoms with Crippen LogP contribution in [0, 0.1) is 0 Å². The van der Waals surface area contributed by atoms with Gasteiger partial charge in [0.05, 0.1) is 6.61 Å². The van der Waals surface area contributed by atoms with Crippen molar-refractivity contribution in [3.8, 4) is 0 Å². The van der Waals surface area contributed by atoms with E-state index < -0.39 is 0 Å². The molecule has 0 aliphatic carbocycles. The largest absolute Gasteiger partial charge is 0.392 e. The molecule has 1 aromatic rings. The number of benzene rings is 1.